The molecule has 1 aliphatic heterocycles. The molecular weight excluding hydrogens is 380 g/mol. The molecule has 0 spiro atoms. The molecule has 0 radical (unpaired) electrons. The summed E-state index contributed by atoms with van der Waals surface area (Å²) in [6, 6.07) is 12.0. The van der Waals surface area contributed by atoms with E-state index in [1.165, 1.54) is 5.69 Å². The number of phenols is 1. The summed E-state index contributed by atoms with van der Waals surface area (Å²) in [6.07, 6.45) is 4.19. The second-order valence-electron chi connectivity index (χ2n) is 5.88. The molecule has 2 aromatic carbocycles. The molecule has 25 heavy (non-hydrogen) atoms. The maximum Gasteiger partial charge on any atom is 0.133 e. The highest BCUT2D eigenvalue weighted by molar-refractivity contribution is 9.10. The van der Waals surface area contributed by atoms with Crippen LogP contribution in [0.3, 0.4) is 0 Å². The van der Waals surface area contributed by atoms with Gasteiger partial charge in [0.2, 0.25) is 0 Å². The standard InChI is InChI=1S/C20H21BrN2O2/c1-2-3-16-12-15(13-19(21)20(16)24)14-22-17-4-6-18(7-5-17)23-8-10-25-11-9-23/h2,4-7,12-14,24H,1,3,8-11H2. The fourth-order valence-electron chi connectivity index (χ4n) is 2.79. The van der Waals surface area contributed by atoms with Crippen LogP contribution in [0.2, 0.25) is 0 Å². The average molecular weight is 401 g/mol. The number of benzene rings is 2. The van der Waals surface area contributed by atoms with E-state index in [1.807, 2.05) is 24.3 Å². The Morgan fingerprint density at radius 3 is 2.60 bits per heavy atom. The number of morpholine rings is 1. The zero-order chi connectivity index (χ0) is 17.6. The third-order valence-corrected chi connectivity index (χ3v) is 4.72. The van der Waals surface area contributed by atoms with Gasteiger partial charge in [-0.2, -0.15) is 0 Å². The molecule has 0 bridgehead atoms. The molecule has 1 N–H and O–H groups in total. The average Bonchev–Trinajstić information content (AvgIpc) is 2.65. The minimum atomic E-state index is 0.256. The fraction of sp³-hybridized carbons (Fsp3) is 0.250. The Labute approximate surface area is 156 Å². The van der Waals surface area contributed by atoms with E-state index in [9.17, 15) is 5.11 Å². The molecule has 4 nitrogen and oxygen atoms in total. The second-order valence-corrected chi connectivity index (χ2v) is 6.73. The number of allylic oxidation sites excluding steroid dienone is 1. The lowest BCUT2D eigenvalue weighted by atomic mass is 10.1. The summed E-state index contributed by atoms with van der Waals surface area (Å²) in [4.78, 5) is 6.85. The van der Waals surface area contributed by atoms with Gasteiger partial charge in [0, 0.05) is 25.0 Å². The van der Waals surface area contributed by atoms with Gasteiger partial charge in [0.15, 0.2) is 0 Å². The molecule has 1 aliphatic rings. The molecule has 0 unspecified atom stereocenters. The number of rotatable bonds is 5. The van der Waals surface area contributed by atoms with Crippen molar-refractivity contribution in [3.8, 4) is 5.75 Å². The summed E-state index contributed by atoms with van der Waals surface area (Å²) in [7, 11) is 0. The molecule has 2 aromatic rings. The summed E-state index contributed by atoms with van der Waals surface area (Å²) in [5.41, 5.74) is 3.85. The highest BCUT2D eigenvalue weighted by atomic mass is 79.9. The number of aliphatic imine (C=N–C) groups is 1. The number of anilines is 1. The number of aromatic hydroxyl groups is 1. The van der Waals surface area contributed by atoms with E-state index in [0.717, 1.165) is 43.1 Å². The molecule has 1 saturated heterocycles. The van der Waals surface area contributed by atoms with Crippen molar-refractivity contribution in [2.45, 2.75) is 6.42 Å². The van der Waals surface area contributed by atoms with Crippen LogP contribution < -0.4 is 4.90 Å². The van der Waals surface area contributed by atoms with Crippen molar-refractivity contribution in [3.63, 3.8) is 0 Å². The molecule has 5 heteroatoms. The van der Waals surface area contributed by atoms with Crippen LogP contribution in [0.5, 0.6) is 5.75 Å². The van der Waals surface area contributed by atoms with Gasteiger partial charge in [-0.3, -0.25) is 4.99 Å². The van der Waals surface area contributed by atoms with E-state index in [-0.39, 0.29) is 5.75 Å². The van der Waals surface area contributed by atoms with Crippen LogP contribution in [0.4, 0.5) is 11.4 Å². The number of nitrogens with zero attached hydrogens (tertiary/aromatic N) is 2. The van der Waals surface area contributed by atoms with E-state index in [0.29, 0.717) is 10.9 Å². The predicted molar refractivity (Wildman–Crippen MR) is 106 cm³/mol. The summed E-state index contributed by atoms with van der Waals surface area (Å²) in [5.74, 6) is 0.256. The lowest BCUT2D eigenvalue weighted by Crippen LogP contribution is -2.36. The van der Waals surface area contributed by atoms with Crippen LogP contribution in [0.1, 0.15) is 11.1 Å². The summed E-state index contributed by atoms with van der Waals surface area (Å²) in [5, 5.41) is 10.0. The van der Waals surface area contributed by atoms with Gasteiger partial charge < -0.3 is 14.7 Å². The first kappa shape index (κ1) is 17.7. The molecule has 3 rings (SSSR count). The van der Waals surface area contributed by atoms with Gasteiger partial charge in [-0.1, -0.05) is 6.08 Å². The van der Waals surface area contributed by atoms with E-state index in [4.69, 9.17) is 4.74 Å². The molecule has 0 aliphatic carbocycles. The van der Waals surface area contributed by atoms with Crippen molar-refractivity contribution in [2.24, 2.45) is 4.99 Å². The quantitative estimate of drug-likeness (QED) is 0.594. The van der Waals surface area contributed by atoms with E-state index in [2.05, 4.69) is 44.5 Å². The molecule has 130 valence electrons. The lowest BCUT2D eigenvalue weighted by Gasteiger charge is -2.28. The van der Waals surface area contributed by atoms with E-state index >= 15 is 0 Å². The lowest BCUT2D eigenvalue weighted by molar-refractivity contribution is 0.122. The van der Waals surface area contributed by atoms with Gasteiger partial charge in [0.05, 0.1) is 23.4 Å². The topological polar surface area (TPSA) is 45.1 Å². The van der Waals surface area contributed by atoms with Crippen LogP contribution >= 0.6 is 15.9 Å². The SMILES string of the molecule is C=CCc1cc(C=Nc2ccc(N3CCOCC3)cc2)cc(Br)c1O. The van der Waals surface area contributed by atoms with Crippen molar-refractivity contribution in [3.05, 3.63) is 64.7 Å². The summed E-state index contributed by atoms with van der Waals surface area (Å²) in [6.45, 7) is 7.14. The maximum absolute atomic E-state index is 10.0. The molecule has 0 saturated carbocycles. The Kier molecular flexibility index (Phi) is 5.89. The smallest absolute Gasteiger partial charge is 0.133 e. The highest BCUT2D eigenvalue weighted by Crippen LogP contribution is 2.30. The van der Waals surface area contributed by atoms with Gasteiger partial charge in [-0.05, 0) is 69.9 Å². The van der Waals surface area contributed by atoms with Crippen LogP contribution in [-0.2, 0) is 11.2 Å². The monoisotopic (exact) mass is 400 g/mol. The minimum Gasteiger partial charge on any atom is -0.506 e. The number of halogens is 1. The molecule has 1 heterocycles. The van der Waals surface area contributed by atoms with Gasteiger partial charge in [0.25, 0.3) is 0 Å². The number of phenolic OH excluding ortho intramolecular Hbond substituents is 1. The van der Waals surface area contributed by atoms with Crippen LogP contribution in [-0.4, -0.2) is 37.6 Å². The van der Waals surface area contributed by atoms with Crippen LogP contribution in [0, 0.1) is 0 Å². The molecular formula is C20H21BrN2O2. The van der Waals surface area contributed by atoms with E-state index in [1.54, 1.807) is 12.3 Å². The van der Waals surface area contributed by atoms with Gasteiger partial charge in [0.1, 0.15) is 5.75 Å². The van der Waals surface area contributed by atoms with Crippen LogP contribution in [0.25, 0.3) is 0 Å². The first-order chi connectivity index (χ1) is 12.2. The first-order valence-electron chi connectivity index (χ1n) is 8.26. The van der Waals surface area contributed by atoms with Crippen LogP contribution in [0.15, 0.2) is 58.5 Å². The van der Waals surface area contributed by atoms with Gasteiger partial charge in [-0.15, -0.1) is 6.58 Å². The number of ether oxygens (including phenoxy) is 1. The van der Waals surface area contributed by atoms with Gasteiger partial charge >= 0.3 is 0 Å². The van der Waals surface area contributed by atoms with E-state index < -0.39 is 0 Å². The Hall–Kier alpha value is -2.11. The Morgan fingerprint density at radius 1 is 1.20 bits per heavy atom. The third kappa shape index (κ3) is 4.50. The Bertz CT molecular complexity index is 766. The fourth-order valence-corrected chi connectivity index (χ4v) is 3.30. The van der Waals surface area contributed by atoms with Crippen molar-refractivity contribution in [2.75, 3.05) is 31.2 Å². The molecule has 0 atom stereocenters. The van der Waals surface area contributed by atoms with Crippen molar-refractivity contribution in [1.82, 2.24) is 0 Å². The molecule has 1 fully saturated rings. The molecule has 0 amide bonds. The summed E-state index contributed by atoms with van der Waals surface area (Å²) < 4.78 is 6.05. The largest absolute Gasteiger partial charge is 0.506 e. The van der Waals surface area contributed by atoms with Crippen molar-refractivity contribution in [1.29, 1.82) is 0 Å². The zero-order valence-electron chi connectivity index (χ0n) is 14.0. The third-order valence-electron chi connectivity index (χ3n) is 4.12. The first-order valence-corrected chi connectivity index (χ1v) is 9.06. The number of hydrogen-bond donors (Lipinski definition) is 1. The van der Waals surface area contributed by atoms with Crippen molar-refractivity contribution >= 4 is 33.5 Å². The number of hydrogen-bond acceptors (Lipinski definition) is 4. The normalized spacial score (nSPS) is 14.8. The predicted octanol–water partition coefficient (Wildman–Crippen LogP) is 4.47. The minimum absolute atomic E-state index is 0.256. The zero-order valence-corrected chi connectivity index (χ0v) is 15.6. The van der Waals surface area contributed by atoms with Gasteiger partial charge in [-0.25, -0.2) is 0 Å². The highest BCUT2D eigenvalue weighted by Gasteiger charge is 2.10. The molecule has 0 aromatic heterocycles. The summed E-state index contributed by atoms with van der Waals surface area (Å²) >= 11 is 3.39. The van der Waals surface area contributed by atoms with Crippen molar-refractivity contribution < 1.29 is 9.84 Å². The second kappa shape index (κ2) is 8.32. The Balaban J connectivity index is 1.74. The maximum atomic E-state index is 10.0. The Morgan fingerprint density at radius 2 is 1.92 bits per heavy atom.